The van der Waals surface area contributed by atoms with Crippen molar-refractivity contribution in [2.24, 2.45) is 0 Å². The molecule has 0 saturated heterocycles. The van der Waals surface area contributed by atoms with E-state index in [1.807, 2.05) is 6.08 Å². The van der Waals surface area contributed by atoms with Crippen LogP contribution >= 0.6 is 0 Å². The number of aldehydes is 1. The Balaban J connectivity index is 2.67. The summed E-state index contributed by atoms with van der Waals surface area (Å²) in [6.07, 6.45) is 4.15. The molecule has 0 aromatic heterocycles. The summed E-state index contributed by atoms with van der Waals surface area (Å²) in [4.78, 5) is 10.4. The molecule has 0 saturated carbocycles. The maximum absolute atomic E-state index is 10.4. The number of allylic oxidation sites excluding steroid dienone is 1. The SMILES string of the molecule is [B][C@H]1CC=C(C=O)[C@@H](OC)C1. The van der Waals surface area contributed by atoms with Gasteiger partial charge in [-0.3, -0.25) is 4.79 Å². The van der Waals surface area contributed by atoms with E-state index in [1.54, 1.807) is 7.11 Å². The van der Waals surface area contributed by atoms with Gasteiger partial charge in [0, 0.05) is 12.7 Å². The molecule has 1 aliphatic carbocycles. The van der Waals surface area contributed by atoms with E-state index in [1.165, 1.54) is 0 Å². The van der Waals surface area contributed by atoms with Gasteiger partial charge in [-0.05, 0) is 12.8 Å². The van der Waals surface area contributed by atoms with E-state index in [0.29, 0.717) is 0 Å². The molecule has 2 atom stereocenters. The molecule has 0 N–H and O–H groups in total. The van der Waals surface area contributed by atoms with E-state index in [9.17, 15) is 4.79 Å². The Hall–Kier alpha value is -0.565. The Bertz CT molecular complexity index is 177. The van der Waals surface area contributed by atoms with Crippen molar-refractivity contribution in [1.82, 2.24) is 0 Å². The van der Waals surface area contributed by atoms with E-state index in [0.717, 1.165) is 24.7 Å². The number of hydrogen-bond donors (Lipinski definition) is 0. The number of ether oxygens (including phenoxy) is 1. The predicted molar refractivity (Wildman–Crippen MR) is 43.7 cm³/mol. The maximum Gasteiger partial charge on any atom is 0.148 e. The van der Waals surface area contributed by atoms with Crippen LogP contribution in [0.1, 0.15) is 12.8 Å². The van der Waals surface area contributed by atoms with E-state index in [4.69, 9.17) is 12.6 Å². The summed E-state index contributed by atoms with van der Waals surface area (Å²) < 4.78 is 5.09. The molecule has 0 fully saturated rings. The summed E-state index contributed by atoms with van der Waals surface area (Å²) in [5, 5.41) is 0. The van der Waals surface area contributed by atoms with Gasteiger partial charge in [-0.15, -0.1) is 0 Å². The highest BCUT2D eigenvalue weighted by Crippen LogP contribution is 2.26. The number of hydrogen-bond acceptors (Lipinski definition) is 2. The molecule has 0 amide bonds. The Morgan fingerprint density at radius 3 is 3.09 bits per heavy atom. The lowest BCUT2D eigenvalue weighted by molar-refractivity contribution is -0.106. The van der Waals surface area contributed by atoms with Gasteiger partial charge in [-0.1, -0.05) is 11.9 Å². The predicted octanol–water partition coefficient (Wildman–Crippen LogP) is 0.877. The lowest BCUT2D eigenvalue weighted by Gasteiger charge is -2.24. The van der Waals surface area contributed by atoms with Crippen LogP contribution in [0.15, 0.2) is 11.6 Å². The van der Waals surface area contributed by atoms with Crippen molar-refractivity contribution in [1.29, 1.82) is 0 Å². The minimum Gasteiger partial charge on any atom is -0.377 e. The van der Waals surface area contributed by atoms with Crippen LogP contribution in [0.5, 0.6) is 0 Å². The first kappa shape index (κ1) is 8.53. The standard InChI is InChI=1S/C8H11BO2/c1-11-8-4-7(9)3-2-6(8)5-10/h2,5,7-8H,3-4H2,1H3/t7-,8-/m0/s1. The molecule has 0 aromatic carbocycles. The van der Waals surface area contributed by atoms with Crippen LogP contribution in [0.2, 0.25) is 5.82 Å². The first-order chi connectivity index (χ1) is 5.27. The summed E-state index contributed by atoms with van der Waals surface area (Å²) >= 11 is 0. The highest BCUT2D eigenvalue weighted by molar-refractivity contribution is 6.12. The summed E-state index contributed by atoms with van der Waals surface area (Å²) in [5.41, 5.74) is 0.731. The van der Waals surface area contributed by atoms with Gasteiger partial charge in [-0.25, -0.2) is 0 Å². The second-order valence-electron chi connectivity index (χ2n) is 2.78. The van der Waals surface area contributed by atoms with Crippen LogP contribution in [-0.4, -0.2) is 27.3 Å². The fourth-order valence-corrected chi connectivity index (χ4v) is 1.28. The fourth-order valence-electron chi connectivity index (χ4n) is 1.28. The largest absolute Gasteiger partial charge is 0.377 e. The van der Waals surface area contributed by atoms with Crippen molar-refractivity contribution in [2.45, 2.75) is 24.8 Å². The van der Waals surface area contributed by atoms with Crippen molar-refractivity contribution in [2.75, 3.05) is 7.11 Å². The Labute approximate surface area is 68.0 Å². The zero-order valence-electron chi connectivity index (χ0n) is 6.62. The average Bonchev–Trinajstić information content (AvgIpc) is 2.04. The topological polar surface area (TPSA) is 26.3 Å². The minimum atomic E-state index is -0.0868. The monoisotopic (exact) mass is 150 g/mol. The summed E-state index contributed by atoms with van der Waals surface area (Å²) in [6, 6.07) is 0. The molecule has 1 aliphatic rings. The Morgan fingerprint density at radius 1 is 1.82 bits per heavy atom. The van der Waals surface area contributed by atoms with Crippen LogP contribution in [0.3, 0.4) is 0 Å². The van der Waals surface area contributed by atoms with Crippen molar-refractivity contribution in [3.63, 3.8) is 0 Å². The molecule has 2 nitrogen and oxygen atoms in total. The van der Waals surface area contributed by atoms with Gasteiger partial charge in [0.15, 0.2) is 0 Å². The first-order valence-corrected chi connectivity index (χ1v) is 3.71. The fraction of sp³-hybridized carbons (Fsp3) is 0.625. The van der Waals surface area contributed by atoms with Gasteiger partial charge < -0.3 is 4.74 Å². The van der Waals surface area contributed by atoms with Crippen molar-refractivity contribution in [3.8, 4) is 0 Å². The summed E-state index contributed by atoms with van der Waals surface area (Å²) in [6.45, 7) is 0. The lowest BCUT2D eigenvalue weighted by Crippen LogP contribution is -2.21. The molecule has 0 unspecified atom stereocenters. The zero-order valence-corrected chi connectivity index (χ0v) is 6.62. The maximum atomic E-state index is 10.4. The first-order valence-electron chi connectivity index (χ1n) is 3.71. The average molecular weight is 150 g/mol. The molecular formula is C8H11BO2. The third-order valence-corrected chi connectivity index (χ3v) is 1.97. The molecular weight excluding hydrogens is 139 g/mol. The van der Waals surface area contributed by atoms with Gasteiger partial charge in [0.1, 0.15) is 6.29 Å². The molecule has 3 heteroatoms. The number of carbonyl (C=O) groups is 1. The van der Waals surface area contributed by atoms with Crippen molar-refractivity contribution < 1.29 is 9.53 Å². The van der Waals surface area contributed by atoms with E-state index < -0.39 is 0 Å². The Morgan fingerprint density at radius 2 is 2.55 bits per heavy atom. The van der Waals surface area contributed by atoms with Gasteiger partial charge in [0.05, 0.1) is 14.0 Å². The molecule has 1 rings (SSSR count). The van der Waals surface area contributed by atoms with Gasteiger partial charge in [0.25, 0.3) is 0 Å². The zero-order chi connectivity index (χ0) is 8.27. The van der Waals surface area contributed by atoms with Gasteiger partial charge in [0.2, 0.25) is 0 Å². The van der Waals surface area contributed by atoms with Gasteiger partial charge in [-0.2, -0.15) is 0 Å². The van der Waals surface area contributed by atoms with Gasteiger partial charge >= 0.3 is 0 Å². The molecule has 2 radical (unpaired) electrons. The number of rotatable bonds is 2. The van der Waals surface area contributed by atoms with Crippen LogP contribution in [0.4, 0.5) is 0 Å². The second-order valence-corrected chi connectivity index (χ2v) is 2.78. The summed E-state index contributed by atoms with van der Waals surface area (Å²) in [5.74, 6) is 0.142. The molecule has 58 valence electrons. The molecule has 0 aromatic rings. The third-order valence-electron chi connectivity index (χ3n) is 1.97. The van der Waals surface area contributed by atoms with E-state index >= 15 is 0 Å². The van der Waals surface area contributed by atoms with E-state index in [-0.39, 0.29) is 11.9 Å². The molecule has 0 spiro atoms. The normalized spacial score (nSPS) is 31.2. The second kappa shape index (κ2) is 3.72. The number of carbonyl (C=O) groups excluding carboxylic acids is 1. The van der Waals surface area contributed by atoms with Crippen LogP contribution < -0.4 is 0 Å². The molecule has 11 heavy (non-hydrogen) atoms. The van der Waals surface area contributed by atoms with Crippen molar-refractivity contribution in [3.05, 3.63) is 11.6 Å². The van der Waals surface area contributed by atoms with Crippen LogP contribution in [0, 0.1) is 0 Å². The Kier molecular flexibility index (Phi) is 2.88. The highest BCUT2D eigenvalue weighted by Gasteiger charge is 2.20. The smallest absolute Gasteiger partial charge is 0.148 e. The van der Waals surface area contributed by atoms with E-state index in [2.05, 4.69) is 0 Å². The number of methoxy groups -OCH3 is 1. The van der Waals surface area contributed by atoms with Crippen LogP contribution in [-0.2, 0) is 9.53 Å². The molecule has 0 heterocycles. The third kappa shape index (κ3) is 1.93. The summed E-state index contributed by atoms with van der Waals surface area (Å²) in [7, 11) is 7.27. The minimum absolute atomic E-state index is 0.0868. The van der Waals surface area contributed by atoms with Crippen LogP contribution in [0.25, 0.3) is 0 Å². The molecule has 0 bridgehead atoms. The lowest BCUT2D eigenvalue weighted by atomic mass is 9.75. The molecule has 0 aliphatic heterocycles. The quantitative estimate of drug-likeness (QED) is 0.431. The van der Waals surface area contributed by atoms with Crippen molar-refractivity contribution >= 4 is 14.1 Å². The highest BCUT2D eigenvalue weighted by atomic mass is 16.5.